The zero-order valence-electron chi connectivity index (χ0n) is 11.9. The predicted octanol–water partition coefficient (Wildman–Crippen LogP) is 5.03. The third-order valence-corrected chi connectivity index (χ3v) is 4.18. The van der Waals surface area contributed by atoms with Gasteiger partial charge in [0.1, 0.15) is 0 Å². The average Bonchev–Trinajstić information content (AvgIpc) is 2.96. The minimum absolute atomic E-state index is 0.425. The number of hydrogen-bond donors (Lipinski definition) is 1. The number of anilines is 2. The molecule has 2 aromatic carbocycles. The number of rotatable bonds is 3. The fourth-order valence-electron chi connectivity index (χ4n) is 2.23. The van der Waals surface area contributed by atoms with Gasteiger partial charge in [0.25, 0.3) is 0 Å². The Hall–Kier alpha value is -2.38. The molecule has 3 aromatic rings. The lowest BCUT2D eigenvalue weighted by atomic mass is 10.0. The molecule has 3 rings (SSSR count). The number of aromatic nitrogens is 1. The van der Waals surface area contributed by atoms with E-state index in [4.69, 9.17) is 0 Å². The zero-order valence-corrected chi connectivity index (χ0v) is 12.7. The molecule has 1 heterocycles. The molecule has 0 radical (unpaired) electrons. The first-order chi connectivity index (χ1) is 10.2. The minimum atomic E-state index is 0.425. The van der Waals surface area contributed by atoms with E-state index in [0.717, 1.165) is 27.3 Å². The van der Waals surface area contributed by atoms with Crippen LogP contribution in [0.3, 0.4) is 0 Å². The smallest absolute Gasteiger partial charge is 0.187 e. The number of nitriles is 1. The fourth-order valence-corrected chi connectivity index (χ4v) is 3.11. The lowest BCUT2D eigenvalue weighted by molar-refractivity contribution is 0.834. The highest BCUT2D eigenvalue weighted by atomic mass is 32.1. The third-order valence-electron chi connectivity index (χ3n) is 3.40. The summed E-state index contributed by atoms with van der Waals surface area (Å²) in [7, 11) is 0. The van der Waals surface area contributed by atoms with Crippen molar-refractivity contribution in [3.05, 3.63) is 53.0 Å². The second kappa shape index (κ2) is 5.55. The van der Waals surface area contributed by atoms with E-state index in [9.17, 15) is 5.26 Å². The van der Waals surface area contributed by atoms with Crippen LogP contribution in [0, 0.1) is 11.3 Å². The molecule has 0 fully saturated rings. The molecule has 0 unspecified atom stereocenters. The van der Waals surface area contributed by atoms with E-state index in [0.29, 0.717) is 11.5 Å². The molecular weight excluding hydrogens is 278 g/mol. The summed E-state index contributed by atoms with van der Waals surface area (Å²) in [5.74, 6) is 0.425. The van der Waals surface area contributed by atoms with Gasteiger partial charge < -0.3 is 5.32 Å². The van der Waals surface area contributed by atoms with Crippen molar-refractivity contribution in [1.29, 1.82) is 5.26 Å². The molecule has 0 aliphatic heterocycles. The van der Waals surface area contributed by atoms with Gasteiger partial charge >= 0.3 is 0 Å². The molecular formula is C17H15N3S. The van der Waals surface area contributed by atoms with Crippen LogP contribution < -0.4 is 5.32 Å². The molecule has 104 valence electrons. The van der Waals surface area contributed by atoms with E-state index in [1.165, 1.54) is 0 Å². The van der Waals surface area contributed by atoms with E-state index in [1.807, 2.05) is 36.4 Å². The molecule has 0 spiro atoms. The second-order valence-electron chi connectivity index (χ2n) is 5.18. The predicted molar refractivity (Wildman–Crippen MR) is 88.1 cm³/mol. The highest BCUT2D eigenvalue weighted by Crippen LogP contribution is 2.30. The molecule has 0 saturated carbocycles. The van der Waals surface area contributed by atoms with E-state index in [2.05, 4.69) is 35.6 Å². The van der Waals surface area contributed by atoms with E-state index in [-0.39, 0.29) is 0 Å². The summed E-state index contributed by atoms with van der Waals surface area (Å²) in [6.07, 6.45) is 0. The van der Waals surface area contributed by atoms with Crippen molar-refractivity contribution in [1.82, 2.24) is 4.98 Å². The molecule has 1 aromatic heterocycles. The van der Waals surface area contributed by atoms with Crippen molar-refractivity contribution in [3.63, 3.8) is 0 Å². The average molecular weight is 293 g/mol. The first-order valence-corrected chi connectivity index (χ1v) is 7.71. The van der Waals surface area contributed by atoms with Crippen LogP contribution in [0.4, 0.5) is 10.8 Å². The van der Waals surface area contributed by atoms with E-state index in [1.54, 1.807) is 11.3 Å². The van der Waals surface area contributed by atoms with Crippen LogP contribution in [0.15, 0.2) is 41.8 Å². The Balaban J connectivity index is 2.03. The summed E-state index contributed by atoms with van der Waals surface area (Å²) in [4.78, 5) is 4.60. The number of nitrogens with one attached hydrogen (secondary N) is 1. The Kier molecular flexibility index (Phi) is 3.59. The molecule has 3 nitrogen and oxygen atoms in total. The van der Waals surface area contributed by atoms with Crippen LogP contribution in [-0.4, -0.2) is 4.98 Å². The van der Waals surface area contributed by atoms with Gasteiger partial charge in [-0.2, -0.15) is 5.26 Å². The quantitative estimate of drug-likeness (QED) is 0.736. The SMILES string of the molecule is CC(C)c1csc(Nc2ccc(C#N)c3ccccc23)n1. The minimum Gasteiger partial charge on any atom is -0.331 e. The summed E-state index contributed by atoms with van der Waals surface area (Å²) in [6.45, 7) is 4.27. The van der Waals surface area contributed by atoms with Crippen LogP contribution in [0.1, 0.15) is 31.0 Å². The molecule has 21 heavy (non-hydrogen) atoms. The van der Waals surface area contributed by atoms with Gasteiger partial charge in [-0.15, -0.1) is 11.3 Å². The van der Waals surface area contributed by atoms with Crippen LogP contribution in [0.5, 0.6) is 0 Å². The largest absolute Gasteiger partial charge is 0.331 e. The van der Waals surface area contributed by atoms with Gasteiger partial charge in [0, 0.05) is 21.8 Å². The summed E-state index contributed by atoms with van der Waals surface area (Å²) in [5, 5.41) is 17.5. The summed E-state index contributed by atoms with van der Waals surface area (Å²) < 4.78 is 0. The number of hydrogen-bond acceptors (Lipinski definition) is 4. The van der Waals surface area contributed by atoms with Crippen LogP contribution in [0.2, 0.25) is 0 Å². The van der Waals surface area contributed by atoms with Gasteiger partial charge in [-0.1, -0.05) is 38.1 Å². The Labute approximate surface area is 127 Å². The highest BCUT2D eigenvalue weighted by Gasteiger charge is 2.09. The van der Waals surface area contributed by atoms with Gasteiger partial charge in [0.2, 0.25) is 0 Å². The standard InChI is InChI=1S/C17H15N3S/c1-11(2)16-10-21-17(20-16)19-15-8-7-12(9-18)13-5-3-4-6-14(13)15/h3-8,10-11H,1-2H3,(H,19,20). The Bertz CT molecular complexity index is 827. The van der Waals surface area contributed by atoms with Gasteiger partial charge in [0.05, 0.1) is 17.3 Å². The Morgan fingerprint density at radius 2 is 1.90 bits per heavy atom. The van der Waals surface area contributed by atoms with E-state index < -0.39 is 0 Å². The van der Waals surface area contributed by atoms with Crippen LogP contribution in [-0.2, 0) is 0 Å². The van der Waals surface area contributed by atoms with E-state index >= 15 is 0 Å². The van der Waals surface area contributed by atoms with Crippen molar-refractivity contribution < 1.29 is 0 Å². The molecule has 0 amide bonds. The summed E-state index contributed by atoms with van der Waals surface area (Å²) >= 11 is 1.60. The van der Waals surface area contributed by atoms with Crippen molar-refractivity contribution in [2.75, 3.05) is 5.32 Å². The topological polar surface area (TPSA) is 48.7 Å². The molecule has 0 bridgehead atoms. The fraction of sp³-hybridized carbons (Fsp3) is 0.176. The second-order valence-corrected chi connectivity index (χ2v) is 6.03. The normalized spacial score (nSPS) is 10.8. The van der Waals surface area contributed by atoms with Crippen molar-refractivity contribution in [3.8, 4) is 6.07 Å². The number of nitrogens with zero attached hydrogens (tertiary/aromatic N) is 2. The molecule has 1 N–H and O–H groups in total. The van der Waals surface area contributed by atoms with Crippen molar-refractivity contribution in [2.24, 2.45) is 0 Å². The maximum Gasteiger partial charge on any atom is 0.187 e. The first kappa shape index (κ1) is 13.6. The Morgan fingerprint density at radius 1 is 1.14 bits per heavy atom. The maximum atomic E-state index is 9.20. The highest BCUT2D eigenvalue weighted by molar-refractivity contribution is 7.13. The summed E-state index contributed by atoms with van der Waals surface area (Å²) in [6, 6.07) is 14.0. The van der Waals surface area contributed by atoms with Crippen LogP contribution >= 0.6 is 11.3 Å². The number of benzene rings is 2. The number of fused-ring (bicyclic) bond motifs is 1. The van der Waals surface area contributed by atoms with Gasteiger partial charge in [-0.05, 0) is 18.1 Å². The zero-order chi connectivity index (χ0) is 14.8. The first-order valence-electron chi connectivity index (χ1n) is 6.83. The van der Waals surface area contributed by atoms with Gasteiger partial charge in [0.15, 0.2) is 5.13 Å². The van der Waals surface area contributed by atoms with Gasteiger partial charge in [-0.3, -0.25) is 0 Å². The maximum absolute atomic E-state index is 9.20. The third kappa shape index (κ3) is 2.61. The van der Waals surface area contributed by atoms with Crippen molar-refractivity contribution >= 4 is 32.9 Å². The number of thiazole rings is 1. The molecule has 4 heteroatoms. The monoisotopic (exact) mass is 293 g/mol. The lowest BCUT2D eigenvalue weighted by Gasteiger charge is -2.08. The molecule has 0 aliphatic rings. The summed E-state index contributed by atoms with van der Waals surface area (Å²) in [5.41, 5.74) is 2.77. The molecule has 0 atom stereocenters. The van der Waals surface area contributed by atoms with Gasteiger partial charge in [-0.25, -0.2) is 4.98 Å². The Morgan fingerprint density at radius 3 is 2.57 bits per heavy atom. The molecule has 0 saturated heterocycles. The van der Waals surface area contributed by atoms with Crippen LogP contribution in [0.25, 0.3) is 10.8 Å². The lowest BCUT2D eigenvalue weighted by Crippen LogP contribution is -1.93. The van der Waals surface area contributed by atoms with Crippen molar-refractivity contribution in [2.45, 2.75) is 19.8 Å². The molecule has 0 aliphatic carbocycles.